The van der Waals surface area contributed by atoms with E-state index in [-0.39, 0.29) is 11.9 Å². The molecule has 2 heterocycles. The Balaban J connectivity index is 1.75. The van der Waals surface area contributed by atoms with Gasteiger partial charge in [0.15, 0.2) is 5.13 Å². The summed E-state index contributed by atoms with van der Waals surface area (Å²) in [5.41, 5.74) is 0.867. The zero-order chi connectivity index (χ0) is 14.1. The lowest BCUT2D eigenvalue weighted by Gasteiger charge is -2.20. The number of thiazole rings is 1. The maximum absolute atomic E-state index is 12.2. The Morgan fingerprint density at radius 1 is 1.45 bits per heavy atom. The minimum Gasteiger partial charge on any atom is -0.350 e. The van der Waals surface area contributed by atoms with Crippen molar-refractivity contribution in [3.8, 4) is 0 Å². The molecule has 20 heavy (non-hydrogen) atoms. The van der Waals surface area contributed by atoms with E-state index in [1.165, 1.54) is 11.3 Å². The summed E-state index contributed by atoms with van der Waals surface area (Å²) in [4.78, 5) is 18.6. The van der Waals surface area contributed by atoms with E-state index >= 15 is 0 Å². The molecule has 1 aromatic heterocycles. The second-order valence-electron chi connectivity index (χ2n) is 5.01. The van der Waals surface area contributed by atoms with Gasteiger partial charge in [0, 0.05) is 13.1 Å². The number of amides is 1. The van der Waals surface area contributed by atoms with Crippen molar-refractivity contribution in [2.45, 2.75) is 25.8 Å². The van der Waals surface area contributed by atoms with Gasteiger partial charge in [-0.25, -0.2) is 4.98 Å². The number of halogens is 1. The van der Waals surface area contributed by atoms with E-state index in [0.29, 0.717) is 5.02 Å². The molecule has 1 atom stereocenters. The summed E-state index contributed by atoms with van der Waals surface area (Å²) < 4.78 is 0.956. The molecule has 1 amide bonds. The van der Waals surface area contributed by atoms with Gasteiger partial charge in [-0.2, -0.15) is 0 Å². The minimum atomic E-state index is -0.257. The van der Waals surface area contributed by atoms with Crippen LogP contribution < -0.4 is 5.32 Å². The van der Waals surface area contributed by atoms with Crippen molar-refractivity contribution < 1.29 is 4.79 Å². The Morgan fingerprint density at radius 2 is 2.20 bits per heavy atom. The molecule has 0 bridgehead atoms. The number of hydrogen-bond acceptors (Lipinski definition) is 4. The Labute approximate surface area is 126 Å². The summed E-state index contributed by atoms with van der Waals surface area (Å²) in [6.07, 6.45) is 2.21. The van der Waals surface area contributed by atoms with Gasteiger partial charge < -0.3 is 10.2 Å². The first-order valence-electron chi connectivity index (χ1n) is 6.75. The van der Waals surface area contributed by atoms with Gasteiger partial charge in [-0.05, 0) is 31.9 Å². The molecule has 0 spiro atoms. The number of aromatic nitrogens is 1. The molecule has 6 heteroatoms. The first kappa shape index (κ1) is 13.6. The lowest BCUT2D eigenvalue weighted by Crippen LogP contribution is -2.39. The number of benzene rings is 1. The van der Waals surface area contributed by atoms with Gasteiger partial charge in [0.1, 0.15) is 6.04 Å². The van der Waals surface area contributed by atoms with Crippen LogP contribution in [0.5, 0.6) is 0 Å². The molecular formula is C14H16ClN3OS. The van der Waals surface area contributed by atoms with Gasteiger partial charge in [-0.3, -0.25) is 4.79 Å². The first-order chi connectivity index (χ1) is 9.65. The summed E-state index contributed by atoms with van der Waals surface area (Å²) in [7, 11) is 0. The highest BCUT2D eigenvalue weighted by molar-refractivity contribution is 7.22. The molecule has 4 nitrogen and oxygen atoms in total. The number of likely N-dealkylation sites (tertiary alicyclic amines) is 1. The minimum absolute atomic E-state index is 0.146. The summed E-state index contributed by atoms with van der Waals surface area (Å²) in [6, 6.07) is 5.40. The zero-order valence-corrected chi connectivity index (χ0v) is 12.8. The average molecular weight is 310 g/mol. The Bertz CT molecular complexity index is 636. The Hall–Kier alpha value is -1.33. The maximum atomic E-state index is 12.2. The third-order valence-corrected chi connectivity index (χ3v) is 4.96. The smallest absolute Gasteiger partial charge is 0.244 e. The van der Waals surface area contributed by atoms with Crippen molar-refractivity contribution in [3.05, 3.63) is 23.2 Å². The fourth-order valence-electron chi connectivity index (χ4n) is 2.44. The summed E-state index contributed by atoms with van der Waals surface area (Å²) in [5, 5.41) is 4.64. The van der Waals surface area contributed by atoms with Crippen LogP contribution in [-0.2, 0) is 4.79 Å². The van der Waals surface area contributed by atoms with E-state index < -0.39 is 0 Å². The van der Waals surface area contributed by atoms with Gasteiger partial charge in [0.05, 0.1) is 15.2 Å². The van der Waals surface area contributed by atoms with E-state index in [9.17, 15) is 4.79 Å². The molecule has 1 N–H and O–H groups in total. The van der Waals surface area contributed by atoms with Crippen LogP contribution in [-0.4, -0.2) is 34.9 Å². The topological polar surface area (TPSA) is 45.2 Å². The number of nitrogens with one attached hydrogen (secondary N) is 1. The quantitative estimate of drug-likeness (QED) is 0.945. The largest absolute Gasteiger partial charge is 0.350 e. The summed E-state index contributed by atoms with van der Waals surface area (Å²) >= 11 is 7.63. The van der Waals surface area contributed by atoms with Crippen LogP contribution >= 0.6 is 22.9 Å². The molecule has 0 radical (unpaired) electrons. The monoisotopic (exact) mass is 309 g/mol. The van der Waals surface area contributed by atoms with Gasteiger partial charge in [0.25, 0.3) is 0 Å². The number of carbonyl (C=O) groups is 1. The summed E-state index contributed by atoms with van der Waals surface area (Å²) in [6.45, 7) is 3.63. The predicted octanol–water partition coefficient (Wildman–Crippen LogP) is 3.37. The number of anilines is 1. The molecule has 0 saturated carbocycles. The SMILES string of the molecule is CC(Nc1nc2cccc(Cl)c2s1)C(=O)N1CCCC1. The van der Waals surface area contributed by atoms with Crippen LogP contribution in [0.2, 0.25) is 5.02 Å². The molecule has 1 aliphatic rings. The van der Waals surface area contributed by atoms with Gasteiger partial charge >= 0.3 is 0 Å². The fourth-order valence-corrected chi connectivity index (χ4v) is 3.68. The van der Waals surface area contributed by atoms with Gasteiger partial charge in [0.2, 0.25) is 5.91 Å². The molecule has 1 unspecified atom stereocenters. The van der Waals surface area contributed by atoms with Crippen LogP contribution in [0.15, 0.2) is 18.2 Å². The third-order valence-electron chi connectivity index (χ3n) is 3.50. The molecule has 1 saturated heterocycles. The highest BCUT2D eigenvalue weighted by atomic mass is 35.5. The number of hydrogen-bond donors (Lipinski definition) is 1. The van der Waals surface area contributed by atoms with Crippen molar-refractivity contribution in [1.82, 2.24) is 9.88 Å². The van der Waals surface area contributed by atoms with Crippen LogP contribution in [0.4, 0.5) is 5.13 Å². The maximum Gasteiger partial charge on any atom is 0.244 e. The highest BCUT2D eigenvalue weighted by Crippen LogP contribution is 2.32. The normalized spacial score (nSPS) is 16.6. The number of carbonyl (C=O) groups excluding carboxylic acids is 1. The summed E-state index contributed by atoms with van der Waals surface area (Å²) in [5.74, 6) is 0.146. The third kappa shape index (κ3) is 2.60. The lowest BCUT2D eigenvalue weighted by molar-refractivity contribution is -0.130. The lowest BCUT2D eigenvalue weighted by atomic mass is 10.3. The van der Waals surface area contributed by atoms with Gasteiger partial charge in [-0.1, -0.05) is 29.0 Å². The second kappa shape index (κ2) is 5.58. The van der Waals surface area contributed by atoms with E-state index in [0.717, 1.165) is 41.3 Å². The van der Waals surface area contributed by atoms with E-state index in [1.54, 1.807) is 0 Å². The standard InChI is InChI=1S/C14H16ClN3OS/c1-9(13(19)18-7-2-3-8-18)16-14-17-11-6-4-5-10(15)12(11)20-14/h4-6,9H,2-3,7-8H2,1H3,(H,16,17). The Kier molecular flexibility index (Phi) is 3.81. The molecule has 1 fully saturated rings. The second-order valence-corrected chi connectivity index (χ2v) is 6.41. The van der Waals surface area contributed by atoms with E-state index in [2.05, 4.69) is 10.3 Å². The van der Waals surface area contributed by atoms with Crippen LogP contribution in [0.25, 0.3) is 10.2 Å². The fraction of sp³-hybridized carbons (Fsp3) is 0.429. The van der Waals surface area contributed by atoms with E-state index in [1.807, 2.05) is 30.0 Å². The number of fused-ring (bicyclic) bond motifs is 1. The van der Waals surface area contributed by atoms with Crippen LogP contribution in [0.1, 0.15) is 19.8 Å². The van der Waals surface area contributed by atoms with Gasteiger partial charge in [-0.15, -0.1) is 0 Å². The van der Waals surface area contributed by atoms with Crippen molar-refractivity contribution in [2.24, 2.45) is 0 Å². The molecule has 2 aromatic rings. The molecule has 106 valence electrons. The average Bonchev–Trinajstić information content (AvgIpc) is 3.06. The van der Waals surface area contributed by atoms with Crippen LogP contribution in [0, 0.1) is 0 Å². The van der Waals surface area contributed by atoms with Crippen molar-refractivity contribution in [1.29, 1.82) is 0 Å². The van der Waals surface area contributed by atoms with Crippen molar-refractivity contribution in [2.75, 3.05) is 18.4 Å². The molecular weight excluding hydrogens is 294 g/mol. The molecule has 3 rings (SSSR count). The van der Waals surface area contributed by atoms with Crippen molar-refractivity contribution in [3.63, 3.8) is 0 Å². The molecule has 0 aliphatic carbocycles. The number of nitrogens with zero attached hydrogens (tertiary/aromatic N) is 2. The first-order valence-corrected chi connectivity index (χ1v) is 7.95. The zero-order valence-electron chi connectivity index (χ0n) is 11.2. The molecule has 1 aromatic carbocycles. The number of rotatable bonds is 3. The van der Waals surface area contributed by atoms with E-state index in [4.69, 9.17) is 11.6 Å². The predicted molar refractivity (Wildman–Crippen MR) is 83.5 cm³/mol. The van der Waals surface area contributed by atoms with Crippen molar-refractivity contribution >= 4 is 44.2 Å². The Morgan fingerprint density at radius 3 is 2.90 bits per heavy atom. The highest BCUT2D eigenvalue weighted by Gasteiger charge is 2.23. The van der Waals surface area contributed by atoms with Crippen LogP contribution in [0.3, 0.4) is 0 Å². The molecule has 1 aliphatic heterocycles.